The van der Waals surface area contributed by atoms with E-state index >= 15 is 0 Å². The van der Waals surface area contributed by atoms with Crippen molar-refractivity contribution < 1.29 is 69.3 Å². The van der Waals surface area contributed by atoms with Crippen LogP contribution in [0.2, 0.25) is 0 Å². The van der Waals surface area contributed by atoms with Gasteiger partial charge < -0.3 is 25.3 Å². The Morgan fingerprint density at radius 3 is 2.41 bits per heavy atom. The first-order valence-corrected chi connectivity index (χ1v) is 10.5. The molecule has 0 bridgehead atoms. The van der Waals surface area contributed by atoms with Crippen molar-refractivity contribution in [3.05, 3.63) is 59.5 Å². The van der Waals surface area contributed by atoms with Gasteiger partial charge in [0.1, 0.15) is 5.75 Å². The number of hydrogen-bond acceptors (Lipinski definition) is 3. The van der Waals surface area contributed by atoms with Crippen molar-refractivity contribution >= 4 is 10.9 Å². The summed E-state index contributed by atoms with van der Waals surface area (Å²) < 4.78 is 43.6. The Kier molecular flexibility index (Phi) is 9.22. The van der Waals surface area contributed by atoms with E-state index in [9.17, 15) is 13.2 Å². The van der Waals surface area contributed by atoms with Gasteiger partial charge in [-0.05, 0) is 61.4 Å². The van der Waals surface area contributed by atoms with E-state index < -0.39 is 6.36 Å². The molecule has 0 radical (unpaired) electrons. The molecule has 9 heteroatoms. The first-order chi connectivity index (χ1) is 14.9. The Bertz CT molecular complexity index is 1010. The predicted octanol–water partition coefficient (Wildman–Crippen LogP) is 1.75. The van der Waals surface area contributed by atoms with Gasteiger partial charge in [0, 0.05) is 35.8 Å². The molecule has 1 aromatic heterocycles. The van der Waals surface area contributed by atoms with E-state index in [1.54, 1.807) is 12.1 Å². The Labute approximate surface area is 228 Å². The predicted molar refractivity (Wildman–Crippen MR) is 116 cm³/mol. The molecule has 0 amide bonds. The average Bonchev–Trinajstić information content (AvgIpc) is 3.10. The van der Waals surface area contributed by atoms with Crippen molar-refractivity contribution in [3.8, 4) is 16.9 Å². The molecule has 1 aliphatic heterocycles. The number of aromatic nitrogens is 1. The molecule has 5 nitrogen and oxygen atoms in total. The van der Waals surface area contributed by atoms with Crippen LogP contribution in [0.5, 0.6) is 5.75 Å². The molecule has 0 saturated carbocycles. The summed E-state index contributed by atoms with van der Waals surface area (Å²) in [5, 5.41) is 5.48. The molecule has 2 aromatic carbocycles. The minimum Gasteiger partial charge on any atom is -0.660 e. The third-order valence-corrected chi connectivity index (χ3v) is 5.50. The zero-order valence-electron chi connectivity index (χ0n) is 18.2. The van der Waals surface area contributed by atoms with Crippen LogP contribution >= 0.6 is 0 Å². The monoisotopic (exact) mass is 470 g/mol. The summed E-state index contributed by atoms with van der Waals surface area (Å²) in [6.45, 7) is 5.90. The smallest absolute Gasteiger partial charge is 0.660 e. The van der Waals surface area contributed by atoms with Crippen LogP contribution in [0, 0.1) is 0 Å². The van der Waals surface area contributed by atoms with E-state index in [4.69, 9.17) is 5.73 Å². The molecule has 0 spiro atoms. The first kappa shape index (κ1) is 25.7. The summed E-state index contributed by atoms with van der Waals surface area (Å²) in [5.41, 5.74) is 9.84. The second kappa shape index (κ2) is 11.5. The SMILES string of the molecule is NCCCn1cc(-c2ccc(OC(F)(F)F)cc2)c2cc(CN3CC[N-]CC3)ccc21.[K+]. The Morgan fingerprint density at radius 1 is 1.03 bits per heavy atom. The van der Waals surface area contributed by atoms with Gasteiger partial charge in [0.25, 0.3) is 0 Å². The quantitative estimate of drug-likeness (QED) is 0.536. The number of benzene rings is 2. The molecule has 32 heavy (non-hydrogen) atoms. The molecule has 2 N–H and O–H groups in total. The normalized spacial score (nSPS) is 15.0. The minimum absolute atomic E-state index is 0. The van der Waals surface area contributed by atoms with Gasteiger partial charge in [-0.25, -0.2) is 0 Å². The van der Waals surface area contributed by atoms with Gasteiger partial charge in [-0.2, -0.15) is 0 Å². The van der Waals surface area contributed by atoms with Crippen molar-refractivity contribution in [1.82, 2.24) is 9.47 Å². The van der Waals surface area contributed by atoms with Gasteiger partial charge in [-0.1, -0.05) is 18.2 Å². The molecule has 0 unspecified atom stereocenters. The van der Waals surface area contributed by atoms with E-state index in [0.717, 1.165) is 67.7 Å². The Morgan fingerprint density at radius 2 is 1.75 bits per heavy atom. The molecule has 0 aliphatic carbocycles. The standard InChI is InChI=1S/C23H26F3N4O.K/c24-23(25,26)31-19-5-3-18(4-6-19)21-16-30(11-1-8-27)22-7-2-17(14-20(21)22)15-29-12-9-28-10-13-29;/h2-7,14,16H,1,8-13,15,27H2;/q-1;+1. The third kappa shape index (κ3) is 6.57. The zero-order valence-corrected chi connectivity index (χ0v) is 21.4. The maximum absolute atomic E-state index is 12.5. The van der Waals surface area contributed by atoms with E-state index in [1.807, 2.05) is 0 Å². The van der Waals surface area contributed by atoms with Crippen LogP contribution in [-0.2, 0) is 13.1 Å². The fourth-order valence-electron chi connectivity index (χ4n) is 4.02. The summed E-state index contributed by atoms with van der Waals surface area (Å²) in [5.74, 6) is -0.223. The number of alkyl halides is 3. The summed E-state index contributed by atoms with van der Waals surface area (Å²) in [7, 11) is 0. The number of halogens is 3. The minimum atomic E-state index is -4.70. The molecule has 1 saturated heterocycles. The fraction of sp³-hybridized carbons (Fsp3) is 0.391. The van der Waals surface area contributed by atoms with Crippen molar-refractivity contribution in [2.75, 3.05) is 32.7 Å². The van der Waals surface area contributed by atoms with Gasteiger partial charge in [-0.3, -0.25) is 0 Å². The van der Waals surface area contributed by atoms with Gasteiger partial charge in [0.05, 0.1) is 0 Å². The molecule has 0 atom stereocenters. The maximum atomic E-state index is 12.5. The molecular formula is C23H26F3KN4O. The third-order valence-electron chi connectivity index (χ3n) is 5.50. The Balaban J connectivity index is 0.00000289. The zero-order chi connectivity index (χ0) is 21.8. The number of ether oxygens (including phenoxy) is 1. The number of aryl methyl sites for hydroxylation is 1. The fourth-order valence-corrected chi connectivity index (χ4v) is 4.02. The van der Waals surface area contributed by atoms with Gasteiger partial charge in [-0.15, -0.1) is 26.3 Å². The van der Waals surface area contributed by atoms with Crippen LogP contribution < -0.4 is 61.9 Å². The summed E-state index contributed by atoms with van der Waals surface area (Å²) in [6, 6.07) is 12.5. The molecule has 166 valence electrons. The number of rotatable bonds is 7. The van der Waals surface area contributed by atoms with E-state index in [2.05, 4.69) is 43.9 Å². The maximum Gasteiger partial charge on any atom is 1.00 e. The topological polar surface area (TPSA) is 57.5 Å². The van der Waals surface area contributed by atoms with Crippen LogP contribution in [0.3, 0.4) is 0 Å². The van der Waals surface area contributed by atoms with Gasteiger partial charge in [0.15, 0.2) is 0 Å². The van der Waals surface area contributed by atoms with E-state index in [0.29, 0.717) is 6.54 Å². The second-order valence-electron chi connectivity index (χ2n) is 7.75. The number of fused-ring (bicyclic) bond motifs is 1. The van der Waals surface area contributed by atoms with Crippen molar-refractivity contribution in [1.29, 1.82) is 0 Å². The molecule has 3 aromatic rings. The van der Waals surface area contributed by atoms with Crippen LogP contribution in [0.1, 0.15) is 12.0 Å². The van der Waals surface area contributed by atoms with E-state index in [1.165, 1.54) is 17.7 Å². The number of piperazine rings is 1. The van der Waals surface area contributed by atoms with E-state index in [-0.39, 0.29) is 57.1 Å². The summed E-state index contributed by atoms with van der Waals surface area (Å²) in [6.07, 6.45) is -1.79. The molecular weight excluding hydrogens is 444 g/mol. The van der Waals surface area contributed by atoms with Crippen LogP contribution in [0.15, 0.2) is 48.7 Å². The largest absolute Gasteiger partial charge is 1.00 e. The van der Waals surface area contributed by atoms with Gasteiger partial charge in [0.2, 0.25) is 0 Å². The molecule has 2 heterocycles. The summed E-state index contributed by atoms with van der Waals surface area (Å²) in [4.78, 5) is 2.39. The van der Waals surface area contributed by atoms with Crippen molar-refractivity contribution in [2.24, 2.45) is 5.73 Å². The Hall–Kier alpha value is -0.914. The average molecular weight is 471 g/mol. The van der Waals surface area contributed by atoms with Crippen molar-refractivity contribution in [2.45, 2.75) is 25.9 Å². The van der Waals surface area contributed by atoms with Crippen molar-refractivity contribution in [3.63, 3.8) is 0 Å². The molecule has 4 rings (SSSR count). The molecule has 1 aliphatic rings. The van der Waals surface area contributed by atoms with Crippen LogP contribution in [0.4, 0.5) is 13.2 Å². The van der Waals surface area contributed by atoms with Crippen LogP contribution in [0.25, 0.3) is 27.3 Å². The molecule has 1 fully saturated rings. The number of nitrogens with zero attached hydrogens (tertiary/aromatic N) is 3. The second-order valence-corrected chi connectivity index (χ2v) is 7.75. The number of nitrogens with two attached hydrogens (primary N) is 1. The first-order valence-electron chi connectivity index (χ1n) is 10.5. The number of hydrogen-bond donors (Lipinski definition) is 1. The van der Waals surface area contributed by atoms with Gasteiger partial charge >= 0.3 is 57.7 Å². The summed E-state index contributed by atoms with van der Waals surface area (Å²) >= 11 is 0. The van der Waals surface area contributed by atoms with Crippen LogP contribution in [-0.4, -0.2) is 48.6 Å².